The minimum absolute atomic E-state index is 0.193. The van der Waals surface area contributed by atoms with Crippen LogP contribution in [0.1, 0.15) is 23.7 Å². The van der Waals surface area contributed by atoms with E-state index in [1.807, 2.05) is 6.92 Å². The van der Waals surface area contributed by atoms with E-state index in [-0.39, 0.29) is 21.6 Å². The van der Waals surface area contributed by atoms with Gasteiger partial charge in [0.2, 0.25) is 0 Å². The van der Waals surface area contributed by atoms with Crippen LogP contribution in [0.25, 0.3) is 0 Å². The number of carbonyl (C=O) groups excluding carboxylic acids is 1. The van der Waals surface area contributed by atoms with E-state index in [4.69, 9.17) is 27.9 Å². The van der Waals surface area contributed by atoms with Crippen molar-refractivity contribution in [2.75, 3.05) is 13.2 Å². The van der Waals surface area contributed by atoms with E-state index in [1.54, 1.807) is 0 Å². The number of nitrogens with one attached hydrogen (secondary N) is 1. The van der Waals surface area contributed by atoms with Gasteiger partial charge in [0.1, 0.15) is 5.15 Å². The molecule has 1 saturated heterocycles. The zero-order valence-corrected chi connectivity index (χ0v) is 10.8. The fraction of sp³-hybridized carbons (Fsp3) is 0.455. The molecule has 1 aliphatic heterocycles. The van der Waals surface area contributed by atoms with Crippen LogP contribution in [-0.4, -0.2) is 29.6 Å². The van der Waals surface area contributed by atoms with Crippen molar-refractivity contribution in [1.29, 1.82) is 0 Å². The molecular weight excluding hydrogens is 263 g/mol. The first kappa shape index (κ1) is 12.6. The van der Waals surface area contributed by atoms with Crippen molar-refractivity contribution in [1.82, 2.24) is 10.3 Å². The summed E-state index contributed by atoms with van der Waals surface area (Å²) in [5, 5.41) is 3.38. The van der Waals surface area contributed by atoms with Crippen LogP contribution in [0.15, 0.2) is 12.3 Å². The van der Waals surface area contributed by atoms with Crippen molar-refractivity contribution in [3.63, 3.8) is 0 Å². The Kier molecular flexibility index (Phi) is 3.56. The molecule has 0 aliphatic carbocycles. The van der Waals surface area contributed by atoms with Crippen LogP contribution in [0.2, 0.25) is 10.2 Å². The molecule has 1 aromatic rings. The molecule has 0 saturated carbocycles. The van der Waals surface area contributed by atoms with E-state index in [0.717, 1.165) is 6.42 Å². The number of carbonyl (C=O) groups is 1. The maximum atomic E-state index is 12.0. The van der Waals surface area contributed by atoms with Crippen LogP contribution < -0.4 is 5.32 Å². The average Bonchev–Trinajstić information content (AvgIpc) is 2.69. The highest BCUT2D eigenvalue weighted by molar-refractivity contribution is 6.41. The molecule has 4 nitrogen and oxygen atoms in total. The lowest BCUT2D eigenvalue weighted by Crippen LogP contribution is -2.46. The van der Waals surface area contributed by atoms with Crippen LogP contribution >= 0.6 is 23.2 Å². The van der Waals surface area contributed by atoms with Crippen molar-refractivity contribution in [3.05, 3.63) is 28.0 Å². The molecule has 2 heterocycles. The number of rotatable bonds is 2. The molecule has 1 aromatic heterocycles. The lowest BCUT2D eigenvalue weighted by atomic mass is 10.0. The summed E-state index contributed by atoms with van der Waals surface area (Å²) >= 11 is 11.5. The highest BCUT2D eigenvalue weighted by atomic mass is 35.5. The molecule has 1 unspecified atom stereocenters. The molecule has 2 rings (SSSR count). The van der Waals surface area contributed by atoms with Crippen LogP contribution in [0.3, 0.4) is 0 Å². The average molecular weight is 275 g/mol. The minimum Gasteiger partial charge on any atom is -0.379 e. The third kappa shape index (κ3) is 2.89. The fourth-order valence-corrected chi connectivity index (χ4v) is 1.93. The Morgan fingerprint density at radius 2 is 2.35 bits per heavy atom. The topological polar surface area (TPSA) is 51.2 Å². The highest BCUT2D eigenvalue weighted by Gasteiger charge is 2.31. The summed E-state index contributed by atoms with van der Waals surface area (Å²) < 4.78 is 5.26. The van der Waals surface area contributed by atoms with Gasteiger partial charge in [-0.25, -0.2) is 4.98 Å². The Morgan fingerprint density at radius 3 is 2.94 bits per heavy atom. The van der Waals surface area contributed by atoms with Gasteiger partial charge in [-0.05, 0) is 19.4 Å². The Hall–Kier alpha value is -0.840. The standard InChI is InChI=1S/C11H12Cl2N2O2/c1-11(2-3-17-6-11)15-10(16)7-4-8(12)9(13)14-5-7/h4-5H,2-3,6H2,1H3,(H,15,16). The molecule has 0 bridgehead atoms. The lowest BCUT2D eigenvalue weighted by molar-refractivity contribution is 0.0889. The Balaban J connectivity index is 2.11. The molecule has 6 heteroatoms. The molecule has 1 aliphatic rings. The molecule has 1 amide bonds. The van der Waals surface area contributed by atoms with Crippen molar-refractivity contribution < 1.29 is 9.53 Å². The van der Waals surface area contributed by atoms with Crippen molar-refractivity contribution in [2.24, 2.45) is 0 Å². The van der Waals surface area contributed by atoms with Gasteiger partial charge >= 0.3 is 0 Å². The number of ether oxygens (including phenoxy) is 1. The smallest absolute Gasteiger partial charge is 0.253 e. The normalized spacial score (nSPS) is 23.7. The third-order valence-corrected chi connectivity index (χ3v) is 3.38. The number of hydrogen-bond donors (Lipinski definition) is 1. The van der Waals surface area contributed by atoms with Crippen molar-refractivity contribution >= 4 is 29.1 Å². The van der Waals surface area contributed by atoms with E-state index in [2.05, 4.69) is 10.3 Å². The zero-order valence-electron chi connectivity index (χ0n) is 9.30. The molecule has 17 heavy (non-hydrogen) atoms. The first-order valence-corrected chi connectivity index (χ1v) is 5.97. The van der Waals surface area contributed by atoms with Crippen molar-refractivity contribution in [3.8, 4) is 0 Å². The van der Waals surface area contributed by atoms with E-state index in [9.17, 15) is 4.79 Å². The summed E-state index contributed by atoms with van der Waals surface area (Å²) in [6.07, 6.45) is 2.20. The number of nitrogens with zero attached hydrogens (tertiary/aromatic N) is 1. The monoisotopic (exact) mass is 274 g/mol. The van der Waals surface area contributed by atoms with E-state index < -0.39 is 0 Å². The van der Waals surface area contributed by atoms with E-state index in [1.165, 1.54) is 12.3 Å². The van der Waals surface area contributed by atoms with Gasteiger partial charge < -0.3 is 10.1 Å². The molecule has 1 N–H and O–H groups in total. The summed E-state index contributed by atoms with van der Waals surface area (Å²) in [6.45, 7) is 3.13. The van der Waals surface area contributed by atoms with Gasteiger partial charge in [-0.2, -0.15) is 0 Å². The second-order valence-electron chi connectivity index (χ2n) is 4.31. The molecule has 1 atom stereocenters. The maximum absolute atomic E-state index is 12.0. The first-order chi connectivity index (χ1) is 8.00. The van der Waals surface area contributed by atoms with Gasteiger partial charge in [-0.15, -0.1) is 0 Å². The van der Waals surface area contributed by atoms with Crippen LogP contribution in [-0.2, 0) is 4.74 Å². The summed E-state index contributed by atoms with van der Waals surface area (Å²) in [4.78, 5) is 15.8. The van der Waals surface area contributed by atoms with Crippen LogP contribution in [0.5, 0.6) is 0 Å². The number of hydrogen-bond acceptors (Lipinski definition) is 3. The quantitative estimate of drug-likeness (QED) is 0.842. The summed E-state index contributed by atoms with van der Waals surface area (Å²) in [7, 11) is 0. The fourth-order valence-electron chi connectivity index (χ4n) is 1.66. The predicted molar refractivity (Wildman–Crippen MR) is 65.6 cm³/mol. The summed E-state index contributed by atoms with van der Waals surface area (Å²) in [5.74, 6) is -0.218. The van der Waals surface area contributed by atoms with Gasteiger partial charge in [-0.3, -0.25) is 4.79 Å². The predicted octanol–water partition coefficient (Wildman–Crippen LogP) is 2.30. The SMILES string of the molecule is CC1(NC(=O)c2cnc(Cl)c(Cl)c2)CCOC1. The summed E-state index contributed by atoms with van der Waals surface area (Å²) in [6, 6.07) is 1.51. The minimum atomic E-state index is -0.316. The molecular formula is C11H12Cl2N2O2. The van der Waals surface area contributed by atoms with Gasteiger partial charge in [0.25, 0.3) is 5.91 Å². The molecule has 1 fully saturated rings. The second-order valence-corrected chi connectivity index (χ2v) is 5.08. The largest absolute Gasteiger partial charge is 0.379 e. The molecule has 0 radical (unpaired) electrons. The van der Waals surface area contributed by atoms with Crippen LogP contribution in [0, 0.1) is 0 Å². The molecule has 0 spiro atoms. The summed E-state index contributed by atoms with van der Waals surface area (Å²) in [5.41, 5.74) is 0.0796. The Labute approximate surface area is 109 Å². The number of amides is 1. The Morgan fingerprint density at radius 1 is 1.59 bits per heavy atom. The number of pyridine rings is 1. The van der Waals surface area contributed by atoms with Crippen LogP contribution in [0.4, 0.5) is 0 Å². The van der Waals surface area contributed by atoms with E-state index >= 15 is 0 Å². The second kappa shape index (κ2) is 4.80. The maximum Gasteiger partial charge on any atom is 0.253 e. The zero-order chi connectivity index (χ0) is 12.5. The Bertz CT molecular complexity index is 445. The van der Waals surface area contributed by atoms with Gasteiger partial charge in [0.05, 0.1) is 22.7 Å². The van der Waals surface area contributed by atoms with Gasteiger partial charge in [0, 0.05) is 12.8 Å². The number of aromatic nitrogens is 1. The van der Waals surface area contributed by atoms with Gasteiger partial charge in [-0.1, -0.05) is 23.2 Å². The first-order valence-electron chi connectivity index (χ1n) is 5.21. The lowest BCUT2D eigenvalue weighted by Gasteiger charge is -2.23. The van der Waals surface area contributed by atoms with Gasteiger partial charge in [0.15, 0.2) is 0 Å². The number of halogens is 2. The highest BCUT2D eigenvalue weighted by Crippen LogP contribution is 2.21. The molecule has 92 valence electrons. The van der Waals surface area contributed by atoms with E-state index in [0.29, 0.717) is 18.8 Å². The third-order valence-electron chi connectivity index (χ3n) is 2.69. The van der Waals surface area contributed by atoms with Crippen molar-refractivity contribution in [2.45, 2.75) is 18.9 Å². The molecule has 0 aromatic carbocycles.